The van der Waals surface area contributed by atoms with Crippen LogP contribution in [0.25, 0.3) is 16.9 Å². The monoisotopic (exact) mass is 407 g/mol. The fourth-order valence-electron chi connectivity index (χ4n) is 3.55. The molecule has 2 heterocycles. The molecule has 1 N–H and O–H groups in total. The van der Waals surface area contributed by atoms with Gasteiger partial charge in [0.2, 0.25) is 0 Å². The molecule has 30 heavy (non-hydrogen) atoms. The van der Waals surface area contributed by atoms with Gasteiger partial charge in [0.05, 0.1) is 31.6 Å². The van der Waals surface area contributed by atoms with Crippen LogP contribution in [0.5, 0.6) is 11.5 Å². The first kappa shape index (κ1) is 20.0. The zero-order valence-electron chi connectivity index (χ0n) is 17.1. The summed E-state index contributed by atoms with van der Waals surface area (Å²) in [5.41, 5.74) is 2.60. The number of carbonyl (C=O) groups is 1. The van der Waals surface area contributed by atoms with E-state index in [2.05, 4.69) is 5.32 Å². The van der Waals surface area contributed by atoms with Crippen molar-refractivity contribution in [2.24, 2.45) is 0 Å². The lowest BCUT2D eigenvalue weighted by molar-refractivity contribution is 0.0858. The molecule has 2 aromatic carbocycles. The van der Waals surface area contributed by atoms with E-state index in [1.54, 1.807) is 31.2 Å². The van der Waals surface area contributed by atoms with Crippen molar-refractivity contribution >= 4 is 5.91 Å². The number of nitrogens with one attached hydrogen (secondary N) is 1. The third-order valence-electron chi connectivity index (χ3n) is 5.16. The molecule has 1 aromatic heterocycles. The van der Waals surface area contributed by atoms with E-state index in [0.717, 1.165) is 30.7 Å². The highest BCUT2D eigenvalue weighted by Gasteiger charge is 2.23. The molecule has 1 aliphatic rings. The fourth-order valence-corrected chi connectivity index (χ4v) is 3.55. The molecule has 0 radical (unpaired) electrons. The molecule has 4 rings (SSSR count). The van der Waals surface area contributed by atoms with Gasteiger partial charge >= 0.3 is 0 Å². The van der Waals surface area contributed by atoms with Crippen molar-refractivity contribution in [2.75, 3.05) is 27.4 Å². The highest BCUT2D eigenvalue weighted by molar-refractivity contribution is 6.00. The van der Waals surface area contributed by atoms with E-state index in [1.165, 1.54) is 0 Å². The second-order valence-corrected chi connectivity index (χ2v) is 7.08. The van der Waals surface area contributed by atoms with Crippen LogP contribution in [-0.2, 0) is 4.74 Å². The van der Waals surface area contributed by atoms with Crippen molar-refractivity contribution in [3.8, 4) is 28.4 Å². The topological polar surface area (TPSA) is 74.6 Å². The van der Waals surface area contributed by atoms with Gasteiger partial charge in [-0.2, -0.15) is 5.10 Å². The summed E-state index contributed by atoms with van der Waals surface area (Å²) in [6.07, 6.45) is 3.81. The predicted molar refractivity (Wildman–Crippen MR) is 113 cm³/mol. The van der Waals surface area contributed by atoms with Crippen LogP contribution in [0.4, 0.5) is 0 Å². The molecular formula is C23H25N3O4. The minimum absolute atomic E-state index is 0.0668. The second kappa shape index (κ2) is 9.00. The van der Waals surface area contributed by atoms with Crippen molar-refractivity contribution in [1.29, 1.82) is 0 Å². The van der Waals surface area contributed by atoms with Crippen molar-refractivity contribution < 1.29 is 19.0 Å². The van der Waals surface area contributed by atoms with Crippen LogP contribution in [0, 0.1) is 0 Å². The van der Waals surface area contributed by atoms with Gasteiger partial charge in [0, 0.05) is 31.0 Å². The molecule has 0 saturated carbocycles. The highest BCUT2D eigenvalue weighted by atomic mass is 16.5. The Kier molecular flexibility index (Phi) is 5.99. The van der Waals surface area contributed by atoms with Gasteiger partial charge in [0.15, 0.2) is 0 Å². The summed E-state index contributed by atoms with van der Waals surface area (Å²) >= 11 is 0. The van der Waals surface area contributed by atoms with Crippen LogP contribution in [0.2, 0.25) is 0 Å². The Morgan fingerprint density at radius 1 is 1.20 bits per heavy atom. The van der Waals surface area contributed by atoms with Gasteiger partial charge < -0.3 is 19.5 Å². The average Bonchev–Trinajstić information content (AvgIpc) is 3.48. The van der Waals surface area contributed by atoms with Crippen LogP contribution in [0.15, 0.2) is 54.7 Å². The van der Waals surface area contributed by atoms with Crippen LogP contribution in [0.1, 0.15) is 23.2 Å². The second-order valence-electron chi connectivity index (χ2n) is 7.08. The van der Waals surface area contributed by atoms with Gasteiger partial charge in [-0.05, 0) is 37.1 Å². The van der Waals surface area contributed by atoms with E-state index in [0.29, 0.717) is 29.3 Å². The number of benzene rings is 2. The lowest BCUT2D eigenvalue weighted by Crippen LogP contribution is -2.31. The number of hydrogen-bond donors (Lipinski definition) is 1. The van der Waals surface area contributed by atoms with Crippen LogP contribution >= 0.6 is 0 Å². The number of ether oxygens (including phenoxy) is 3. The summed E-state index contributed by atoms with van der Waals surface area (Å²) in [7, 11) is 3.19. The van der Waals surface area contributed by atoms with Gasteiger partial charge in [0.1, 0.15) is 17.2 Å². The molecule has 1 saturated heterocycles. The number of nitrogens with zero attached hydrogens (tertiary/aromatic N) is 2. The Morgan fingerprint density at radius 2 is 2.03 bits per heavy atom. The maximum atomic E-state index is 13.1. The first-order valence-corrected chi connectivity index (χ1v) is 9.97. The zero-order valence-corrected chi connectivity index (χ0v) is 17.1. The lowest BCUT2D eigenvalue weighted by Gasteiger charge is -2.12. The molecule has 0 bridgehead atoms. The summed E-state index contributed by atoms with van der Waals surface area (Å²) in [5.74, 6) is 1.06. The highest BCUT2D eigenvalue weighted by Crippen LogP contribution is 2.34. The van der Waals surface area contributed by atoms with Crippen LogP contribution in [-0.4, -0.2) is 49.2 Å². The predicted octanol–water partition coefficient (Wildman–Crippen LogP) is 3.47. The zero-order chi connectivity index (χ0) is 20.9. The van der Waals surface area contributed by atoms with E-state index in [-0.39, 0.29) is 12.0 Å². The number of para-hydroxylation sites is 1. The number of carbonyl (C=O) groups excluding carboxylic acids is 1. The van der Waals surface area contributed by atoms with Gasteiger partial charge in [0.25, 0.3) is 5.91 Å². The third kappa shape index (κ3) is 4.16. The fraction of sp³-hybridized carbons (Fsp3) is 0.304. The summed E-state index contributed by atoms with van der Waals surface area (Å²) < 4.78 is 18.2. The normalized spacial score (nSPS) is 15.7. The average molecular weight is 407 g/mol. The Labute approximate surface area is 175 Å². The van der Waals surface area contributed by atoms with Crippen molar-refractivity contribution in [1.82, 2.24) is 15.1 Å². The van der Waals surface area contributed by atoms with E-state index in [1.807, 2.05) is 42.5 Å². The molecule has 1 fully saturated rings. The number of rotatable bonds is 7. The molecule has 0 aliphatic carbocycles. The minimum Gasteiger partial charge on any atom is -0.497 e. The summed E-state index contributed by atoms with van der Waals surface area (Å²) in [6, 6.07) is 15.1. The Bertz CT molecular complexity index is 1010. The lowest BCUT2D eigenvalue weighted by atomic mass is 10.1. The number of aromatic nitrogens is 2. The molecule has 1 atom stereocenters. The first-order valence-electron chi connectivity index (χ1n) is 9.97. The Morgan fingerprint density at radius 3 is 2.73 bits per heavy atom. The molecule has 0 unspecified atom stereocenters. The van der Waals surface area contributed by atoms with Crippen molar-refractivity contribution in [3.05, 3.63) is 60.3 Å². The van der Waals surface area contributed by atoms with Crippen molar-refractivity contribution in [2.45, 2.75) is 18.9 Å². The van der Waals surface area contributed by atoms with E-state index < -0.39 is 0 Å². The smallest absolute Gasteiger partial charge is 0.255 e. The van der Waals surface area contributed by atoms with Crippen LogP contribution in [0.3, 0.4) is 0 Å². The number of hydrogen-bond acceptors (Lipinski definition) is 5. The Hall–Kier alpha value is -3.32. The van der Waals surface area contributed by atoms with Gasteiger partial charge in [-0.25, -0.2) is 4.68 Å². The molecular weight excluding hydrogens is 382 g/mol. The first-order chi connectivity index (χ1) is 14.7. The maximum Gasteiger partial charge on any atom is 0.255 e. The standard InChI is InChI=1S/C23H25N3O4/c1-28-17-10-11-19(21(13-17)29-2)22-20(23(27)24-14-18-9-6-12-30-18)15-26(25-22)16-7-4-3-5-8-16/h3-5,7-8,10-11,13,15,18H,6,9,12,14H2,1-2H3,(H,24,27)/t18-/m0/s1. The molecule has 1 aliphatic heterocycles. The third-order valence-corrected chi connectivity index (χ3v) is 5.16. The van der Waals surface area contributed by atoms with E-state index in [4.69, 9.17) is 19.3 Å². The SMILES string of the molecule is COc1ccc(-c2nn(-c3ccccc3)cc2C(=O)NC[C@@H]2CCCO2)c(OC)c1. The summed E-state index contributed by atoms with van der Waals surface area (Å²) in [5, 5.41) is 7.71. The summed E-state index contributed by atoms with van der Waals surface area (Å²) in [6.45, 7) is 1.23. The molecule has 156 valence electrons. The summed E-state index contributed by atoms with van der Waals surface area (Å²) in [4.78, 5) is 13.1. The van der Waals surface area contributed by atoms with Gasteiger partial charge in [-0.1, -0.05) is 18.2 Å². The molecule has 1 amide bonds. The molecule has 0 spiro atoms. The number of methoxy groups -OCH3 is 2. The Balaban J connectivity index is 1.72. The van der Waals surface area contributed by atoms with Gasteiger partial charge in [-0.15, -0.1) is 0 Å². The van der Waals surface area contributed by atoms with E-state index in [9.17, 15) is 4.79 Å². The molecule has 7 heteroatoms. The van der Waals surface area contributed by atoms with Crippen molar-refractivity contribution in [3.63, 3.8) is 0 Å². The molecule has 7 nitrogen and oxygen atoms in total. The maximum absolute atomic E-state index is 13.1. The minimum atomic E-state index is -0.194. The largest absolute Gasteiger partial charge is 0.497 e. The van der Waals surface area contributed by atoms with Crippen LogP contribution < -0.4 is 14.8 Å². The van der Waals surface area contributed by atoms with Gasteiger partial charge in [-0.3, -0.25) is 4.79 Å². The quantitative estimate of drug-likeness (QED) is 0.649. The van der Waals surface area contributed by atoms with E-state index >= 15 is 0 Å². The number of amides is 1. The molecule has 3 aromatic rings.